The number of halogens is 1. The minimum Gasteiger partial charge on any atom is -0.491 e. The van der Waals surface area contributed by atoms with Crippen LogP contribution in [0.25, 0.3) is 0 Å². The van der Waals surface area contributed by atoms with Crippen LogP contribution in [0.15, 0.2) is 23.9 Å². The summed E-state index contributed by atoms with van der Waals surface area (Å²) in [7, 11) is 2.06. The lowest BCUT2D eigenvalue weighted by Gasteiger charge is -2.16. The topological polar surface area (TPSA) is 12.5 Å². The summed E-state index contributed by atoms with van der Waals surface area (Å²) in [5, 5.41) is 0.373. The Bertz CT molecular complexity index is 180. The van der Waals surface area contributed by atoms with E-state index in [0.717, 1.165) is 19.5 Å². The highest BCUT2D eigenvalue weighted by molar-refractivity contribution is 6.31. The fraction of sp³-hybridized carbons (Fsp3) is 0.600. The standard InChI is InChI=1S/C10H18ClNO/c1-5-6-12(4)7-8-13-10(3)9(2)11/h2-3,5-8H2,1,4H3. The Kier molecular flexibility index (Phi) is 6.73. The van der Waals surface area contributed by atoms with Gasteiger partial charge in [0.15, 0.2) is 0 Å². The second-order valence-electron chi connectivity index (χ2n) is 2.98. The molecule has 0 saturated heterocycles. The Labute approximate surface area is 85.8 Å². The SMILES string of the molecule is C=C(Cl)C(=C)OCCN(C)CCC. The van der Waals surface area contributed by atoms with Gasteiger partial charge in [-0.3, -0.25) is 0 Å². The molecule has 0 aromatic rings. The average molecular weight is 204 g/mol. The summed E-state index contributed by atoms with van der Waals surface area (Å²) in [5.74, 6) is 0.464. The van der Waals surface area contributed by atoms with Crippen molar-refractivity contribution in [2.24, 2.45) is 0 Å². The first-order valence-electron chi connectivity index (χ1n) is 4.43. The Balaban J connectivity index is 3.44. The molecule has 3 heteroatoms. The molecule has 76 valence electrons. The van der Waals surface area contributed by atoms with E-state index < -0.39 is 0 Å². The lowest BCUT2D eigenvalue weighted by atomic mass is 10.4. The molecule has 0 aromatic carbocycles. The van der Waals surface area contributed by atoms with Crippen LogP contribution >= 0.6 is 11.6 Å². The molecule has 0 aliphatic heterocycles. The normalized spacial score (nSPS) is 10.2. The lowest BCUT2D eigenvalue weighted by Crippen LogP contribution is -2.23. The molecule has 0 radical (unpaired) electrons. The van der Waals surface area contributed by atoms with E-state index in [-0.39, 0.29) is 0 Å². The van der Waals surface area contributed by atoms with Gasteiger partial charge in [-0.1, -0.05) is 31.7 Å². The van der Waals surface area contributed by atoms with E-state index in [9.17, 15) is 0 Å². The summed E-state index contributed by atoms with van der Waals surface area (Å²) in [6.07, 6.45) is 1.15. The molecular weight excluding hydrogens is 186 g/mol. The zero-order chi connectivity index (χ0) is 10.3. The van der Waals surface area contributed by atoms with Crippen LogP contribution in [-0.2, 0) is 4.74 Å². The maximum atomic E-state index is 5.57. The average Bonchev–Trinajstić information content (AvgIpc) is 2.04. The third-order valence-electron chi connectivity index (χ3n) is 1.66. The van der Waals surface area contributed by atoms with E-state index in [1.165, 1.54) is 0 Å². The van der Waals surface area contributed by atoms with Crippen molar-refractivity contribution in [1.29, 1.82) is 0 Å². The molecule has 0 amide bonds. The van der Waals surface area contributed by atoms with E-state index in [1.807, 2.05) is 0 Å². The first-order valence-corrected chi connectivity index (χ1v) is 4.80. The lowest BCUT2D eigenvalue weighted by molar-refractivity contribution is 0.180. The summed E-state index contributed by atoms with van der Waals surface area (Å²) >= 11 is 5.57. The van der Waals surface area contributed by atoms with Gasteiger partial charge in [-0.15, -0.1) is 0 Å². The molecule has 0 saturated carbocycles. The molecule has 0 bridgehead atoms. The molecule has 0 aromatic heterocycles. The first kappa shape index (κ1) is 12.5. The van der Waals surface area contributed by atoms with Crippen LogP contribution in [0.5, 0.6) is 0 Å². The molecule has 0 N–H and O–H groups in total. The van der Waals surface area contributed by atoms with Crippen molar-refractivity contribution in [3.8, 4) is 0 Å². The molecular formula is C10H18ClNO. The van der Waals surface area contributed by atoms with E-state index in [2.05, 4.69) is 32.0 Å². The number of ether oxygens (including phenoxy) is 1. The van der Waals surface area contributed by atoms with Gasteiger partial charge in [-0.25, -0.2) is 0 Å². The van der Waals surface area contributed by atoms with Gasteiger partial charge < -0.3 is 9.64 Å². The zero-order valence-corrected chi connectivity index (χ0v) is 9.23. The predicted molar refractivity (Wildman–Crippen MR) is 57.9 cm³/mol. The highest BCUT2D eigenvalue weighted by Crippen LogP contribution is 2.10. The molecule has 0 aliphatic carbocycles. The van der Waals surface area contributed by atoms with E-state index in [0.29, 0.717) is 17.4 Å². The number of rotatable bonds is 7. The van der Waals surface area contributed by atoms with Crippen LogP contribution in [0.1, 0.15) is 13.3 Å². The van der Waals surface area contributed by atoms with Gasteiger partial charge in [0, 0.05) is 6.54 Å². The van der Waals surface area contributed by atoms with Crippen molar-refractivity contribution in [2.75, 3.05) is 26.7 Å². The zero-order valence-electron chi connectivity index (χ0n) is 8.48. The Morgan fingerprint density at radius 3 is 2.46 bits per heavy atom. The van der Waals surface area contributed by atoms with Gasteiger partial charge in [0.1, 0.15) is 12.4 Å². The number of allylic oxidation sites excluding steroid dienone is 1. The van der Waals surface area contributed by atoms with E-state index >= 15 is 0 Å². The second kappa shape index (κ2) is 6.98. The largest absolute Gasteiger partial charge is 0.491 e. The molecule has 0 heterocycles. The van der Waals surface area contributed by atoms with E-state index in [4.69, 9.17) is 16.3 Å². The van der Waals surface area contributed by atoms with Crippen LogP contribution in [0.2, 0.25) is 0 Å². The number of hydrogen-bond acceptors (Lipinski definition) is 2. The van der Waals surface area contributed by atoms with Crippen molar-refractivity contribution >= 4 is 11.6 Å². The quantitative estimate of drug-likeness (QED) is 0.466. The van der Waals surface area contributed by atoms with E-state index in [1.54, 1.807) is 0 Å². The number of nitrogens with zero attached hydrogens (tertiary/aromatic N) is 1. The van der Waals surface area contributed by atoms with Crippen molar-refractivity contribution in [1.82, 2.24) is 4.90 Å². The van der Waals surface area contributed by atoms with Crippen LogP contribution in [-0.4, -0.2) is 31.6 Å². The Morgan fingerprint density at radius 2 is 2.00 bits per heavy atom. The van der Waals surface area contributed by atoms with Crippen LogP contribution in [0.3, 0.4) is 0 Å². The Morgan fingerprint density at radius 1 is 1.38 bits per heavy atom. The molecule has 0 aliphatic rings. The fourth-order valence-corrected chi connectivity index (χ4v) is 0.951. The van der Waals surface area contributed by atoms with Crippen molar-refractivity contribution in [3.63, 3.8) is 0 Å². The minimum absolute atomic E-state index is 0.373. The monoisotopic (exact) mass is 203 g/mol. The summed E-state index contributed by atoms with van der Waals surface area (Å²) in [6.45, 7) is 11.9. The van der Waals surface area contributed by atoms with Crippen molar-refractivity contribution in [2.45, 2.75) is 13.3 Å². The van der Waals surface area contributed by atoms with Gasteiger partial charge in [0.2, 0.25) is 0 Å². The van der Waals surface area contributed by atoms with Gasteiger partial charge >= 0.3 is 0 Å². The number of likely N-dealkylation sites (N-methyl/N-ethyl adjacent to an activating group) is 1. The molecule has 0 unspecified atom stereocenters. The minimum atomic E-state index is 0.373. The summed E-state index contributed by atoms with van der Waals surface area (Å²) < 4.78 is 5.25. The predicted octanol–water partition coefficient (Wildman–Crippen LogP) is 2.61. The third kappa shape index (κ3) is 6.67. The summed E-state index contributed by atoms with van der Waals surface area (Å²) in [5.41, 5.74) is 0. The second-order valence-corrected chi connectivity index (χ2v) is 3.44. The smallest absolute Gasteiger partial charge is 0.130 e. The fourth-order valence-electron chi connectivity index (χ4n) is 0.897. The summed E-state index contributed by atoms with van der Waals surface area (Å²) in [6, 6.07) is 0. The van der Waals surface area contributed by atoms with Crippen molar-refractivity contribution in [3.05, 3.63) is 23.9 Å². The van der Waals surface area contributed by atoms with Gasteiger partial charge in [0.05, 0.1) is 5.03 Å². The van der Waals surface area contributed by atoms with Crippen LogP contribution in [0, 0.1) is 0 Å². The van der Waals surface area contributed by atoms with Gasteiger partial charge in [-0.2, -0.15) is 0 Å². The first-order chi connectivity index (χ1) is 6.07. The molecule has 2 nitrogen and oxygen atoms in total. The van der Waals surface area contributed by atoms with Crippen LogP contribution in [0.4, 0.5) is 0 Å². The highest BCUT2D eigenvalue weighted by Gasteiger charge is 1.99. The Hall–Kier alpha value is -0.470. The third-order valence-corrected chi connectivity index (χ3v) is 1.87. The van der Waals surface area contributed by atoms with Gasteiger partial charge in [-0.05, 0) is 20.0 Å². The van der Waals surface area contributed by atoms with Crippen molar-refractivity contribution < 1.29 is 4.74 Å². The summed E-state index contributed by atoms with van der Waals surface area (Å²) in [4.78, 5) is 2.20. The molecule has 0 atom stereocenters. The molecule has 13 heavy (non-hydrogen) atoms. The molecule has 0 fully saturated rings. The maximum Gasteiger partial charge on any atom is 0.130 e. The highest BCUT2D eigenvalue weighted by atomic mass is 35.5. The number of hydrogen-bond donors (Lipinski definition) is 0. The molecule has 0 rings (SSSR count). The maximum absolute atomic E-state index is 5.57. The van der Waals surface area contributed by atoms with Crippen LogP contribution < -0.4 is 0 Å². The van der Waals surface area contributed by atoms with Gasteiger partial charge in [0.25, 0.3) is 0 Å². The molecule has 0 spiro atoms.